The van der Waals surface area contributed by atoms with Crippen molar-refractivity contribution in [3.05, 3.63) is 41.7 Å². The second-order valence-electron chi connectivity index (χ2n) is 6.01. The number of ketones is 1. The monoisotopic (exact) mass is 334 g/mol. The quantitative estimate of drug-likeness (QED) is 0.659. The first-order chi connectivity index (χ1) is 10.9. The summed E-state index contributed by atoms with van der Waals surface area (Å²) in [4.78, 5) is 24.9. The number of carbonyl (C=O) groups excluding carboxylic acids is 2. The maximum atomic E-state index is 12.0. The van der Waals surface area contributed by atoms with Gasteiger partial charge in [0.1, 0.15) is 11.7 Å². The third kappa shape index (κ3) is 4.38. The van der Waals surface area contributed by atoms with Crippen molar-refractivity contribution in [1.29, 1.82) is 0 Å². The Labute approximate surface area is 140 Å². The third-order valence-corrected chi connectivity index (χ3v) is 5.51. The van der Waals surface area contributed by atoms with Gasteiger partial charge in [0.15, 0.2) is 5.78 Å². The number of hydrogen-bond donors (Lipinski definition) is 1. The van der Waals surface area contributed by atoms with Gasteiger partial charge in [-0.2, -0.15) is 0 Å². The molecule has 3 atom stereocenters. The maximum absolute atomic E-state index is 12.0. The second-order valence-corrected chi connectivity index (χ2v) is 7.10. The summed E-state index contributed by atoms with van der Waals surface area (Å²) >= 11 is 1.69. The van der Waals surface area contributed by atoms with E-state index in [1.807, 2.05) is 13.8 Å². The molecule has 0 fully saturated rings. The van der Waals surface area contributed by atoms with Gasteiger partial charge in [0.05, 0.1) is 7.11 Å². The van der Waals surface area contributed by atoms with Crippen LogP contribution in [0.5, 0.6) is 0 Å². The number of aliphatic hydroxyl groups is 1. The van der Waals surface area contributed by atoms with E-state index in [9.17, 15) is 14.7 Å². The standard InChI is InChI=1S/C18H22O4S/c1-11-4-6-14(7-5-11)23-10-12(2)15-8-13(19)9-16(20)17(15)18(21)22-3/h4-7,9,12,15,17,20H,8,10H2,1-3H3. The molecule has 23 heavy (non-hydrogen) atoms. The van der Waals surface area contributed by atoms with E-state index < -0.39 is 11.9 Å². The van der Waals surface area contributed by atoms with Crippen LogP contribution >= 0.6 is 11.8 Å². The lowest BCUT2D eigenvalue weighted by atomic mass is 9.75. The molecule has 4 nitrogen and oxygen atoms in total. The summed E-state index contributed by atoms with van der Waals surface area (Å²) in [5, 5.41) is 10.0. The van der Waals surface area contributed by atoms with Crippen LogP contribution in [0.3, 0.4) is 0 Å². The Kier molecular flexibility index (Phi) is 5.88. The van der Waals surface area contributed by atoms with Gasteiger partial charge < -0.3 is 9.84 Å². The van der Waals surface area contributed by atoms with Crippen LogP contribution in [-0.4, -0.2) is 29.7 Å². The summed E-state index contributed by atoms with van der Waals surface area (Å²) in [7, 11) is 1.30. The van der Waals surface area contributed by atoms with E-state index in [4.69, 9.17) is 4.74 Å². The number of thioether (sulfide) groups is 1. The van der Waals surface area contributed by atoms with Crippen molar-refractivity contribution in [2.24, 2.45) is 17.8 Å². The minimum Gasteiger partial charge on any atom is -0.511 e. The van der Waals surface area contributed by atoms with Gasteiger partial charge in [-0.3, -0.25) is 9.59 Å². The van der Waals surface area contributed by atoms with Crippen molar-refractivity contribution < 1.29 is 19.4 Å². The number of benzene rings is 1. The van der Waals surface area contributed by atoms with Crippen LogP contribution in [0.4, 0.5) is 0 Å². The molecule has 1 N–H and O–H groups in total. The van der Waals surface area contributed by atoms with Gasteiger partial charge in [0, 0.05) is 23.1 Å². The number of allylic oxidation sites excluding steroid dienone is 1. The van der Waals surface area contributed by atoms with Crippen molar-refractivity contribution >= 4 is 23.5 Å². The highest BCUT2D eigenvalue weighted by Gasteiger charge is 2.40. The van der Waals surface area contributed by atoms with E-state index in [0.29, 0.717) is 0 Å². The second kappa shape index (κ2) is 7.68. The Morgan fingerprint density at radius 1 is 1.39 bits per heavy atom. The molecule has 0 saturated carbocycles. The summed E-state index contributed by atoms with van der Waals surface area (Å²) < 4.78 is 4.79. The van der Waals surface area contributed by atoms with E-state index in [1.54, 1.807) is 11.8 Å². The smallest absolute Gasteiger partial charge is 0.316 e. The highest BCUT2D eigenvalue weighted by Crippen LogP contribution is 2.36. The molecule has 1 aromatic carbocycles. The molecule has 0 spiro atoms. The SMILES string of the molecule is COC(=O)C1C(O)=CC(=O)CC1C(C)CSc1ccc(C)cc1. The molecule has 2 rings (SSSR count). The van der Waals surface area contributed by atoms with Gasteiger partial charge >= 0.3 is 5.97 Å². The molecule has 124 valence electrons. The van der Waals surface area contributed by atoms with E-state index in [2.05, 4.69) is 24.3 Å². The first-order valence-corrected chi connectivity index (χ1v) is 8.61. The van der Waals surface area contributed by atoms with E-state index >= 15 is 0 Å². The number of methoxy groups -OCH3 is 1. The number of esters is 1. The van der Waals surface area contributed by atoms with Crippen LogP contribution in [-0.2, 0) is 14.3 Å². The van der Waals surface area contributed by atoms with Crippen molar-refractivity contribution in [1.82, 2.24) is 0 Å². The maximum Gasteiger partial charge on any atom is 0.316 e. The first kappa shape index (κ1) is 17.6. The molecule has 3 unspecified atom stereocenters. The molecule has 0 heterocycles. The molecule has 0 amide bonds. The lowest BCUT2D eigenvalue weighted by Crippen LogP contribution is -2.36. The van der Waals surface area contributed by atoms with Gasteiger partial charge in [-0.25, -0.2) is 0 Å². The van der Waals surface area contributed by atoms with Gasteiger partial charge in [-0.1, -0.05) is 24.6 Å². The summed E-state index contributed by atoms with van der Waals surface area (Å²) in [6.45, 7) is 4.05. The molecule has 1 aliphatic rings. The van der Waals surface area contributed by atoms with Crippen molar-refractivity contribution in [3.8, 4) is 0 Å². The molecule has 0 aromatic heterocycles. The number of aliphatic hydroxyl groups excluding tert-OH is 1. The molecular formula is C18H22O4S. The Morgan fingerprint density at radius 2 is 2.04 bits per heavy atom. The van der Waals surface area contributed by atoms with Crippen LogP contribution in [0.1, 0.15) is 18.9 Å². The minimum absolute atomic E-state index is 0.0882. The van der Waals surface area contributed by atoms with Gasteiger partial charge in [-0.15, -0.1) is 11.8 Å². The Morgan fingerprint density at radius 3 is 2.65 bits per heavy atom. The van der Waals surface area contributed by atoms with Gasteiger partial charge in [0.2, 0.25) is 0 Å². The highest BCUT2D eigenvalue weighted by atomic mass is 32.2. The normalized spacial score (nSPS) is 22.4. The average molecular weight is 334 g/mol. The van der Waals surface area contributed by atoms with Crippen LogP contribution in [0, 0.1) is 24.7 Å². The van der Waals surface area contributed by atoms with E-state index in [1.165, 1.54) is 12.7 Å². The van der Waals surface area contributed by atoms with Crippen molar-refractivity contribution in [3.63, 3.8) is 0 Å². The zero-order valence-electron chi connectivity index (χ0n) is 13.6. The third-order valence-electron chi connectivity index (χ3n) is 4.21. The molecular weight excluding hydrogens is 312 g/mol. The molecule has 0 bridgehead atoms. The van der Waals surface area contributed by atoms with E-state index in [-0.39, 0.29) is 29.8 Å². The molecule has 1 aromatic rings. The molecule has 0 aliphatic heterocycles. The number of carbonyl (C=O) groups is 2. The van der Waals surface area contributed by atoms with Crippen LogP contribution < -0.4 is 0 Å². The average Bonchev–Trinajstić information content (AvgIpc) is 2.52. The Hall–Kier alpha value is -1.75. The fourth-order valence-corrected chi connectivity index (χ4v) is 3.85. The topological polar surface area (TPSA) is 63.6 Å². The van der Waals surface area contributed by atoms with Crippen molar-refractivity contribution in [2.75, 3.05) is 12.9 Å². The number of aryl methyl sites for hydroxylation is 1. The first-order valence-electron chi connectivity index (χ1n) is 7.63. The highest BCUT2D eigenvalue weighted by molar-refractivity contribution is 7.99. The fourth-order valence-electron chi connectivity index (χ4n) is 2.82. The fraction of sp³-hybridized carbons (Fsp3) is 0.444. The summed E-state index contributed by atoms with van der Waals surface area (Å²) in [6, 6.07) is 8.24. The number of rotatable bonds is 5. The summed E-state index contributed by atoms with van der Waals surface area (Å²) in [6.07, 6.45) is 1.41. The lowest BCUT2D eigenvalue weighted by Gasteiger charge is -2.31. The number of ether oxygens (including phenoxy) is 1. The van der Waals surface area contributed by atoms with E-state index in [0.717, 1.165) is 16.7 Å². The summed E-state index contributed by atoms with van der Waals surface area (Å²) in [5.74, 6) is -0.926. The molecule has 1 aliphatic carbocycles. The van der Waals surface area contributed by atoms with Crippen LogP contribution in [0.15, 0.2) is 41.0 Å². The lowest BCUT2D eigenvalue weighted by molar-refractivity contribution is -0.148. The minimum atomic E-state index is -0.744. The molecule has 0 radical (unpaired) electrons. The predicted octanol–water partition coefficient (Wildman–Crippen LogP) is 3.54. The Balaban J connectivity index is 2.07. The zero-order chi connectivity index (χ0) is 17.0. The predicted molar refractivity (Wildman–Crippen MR) is 90.4 cm³/mol. The van der Waals surface area contributed by atoms with Gasteiger partial charge in [-0.05, 0) is 30.9 Å². The summed E-state index contributed by atoms with van der Waals surface area (Å²) in [5.41, 5.74) is 1.21. The zero-order valence-corrected chi connectivity index (χ0v) is 14.4. The van der Waals surface area contributed by atoms with Crippen molar-refractivity contribution in [2.45, 2.75) is 25.2 Å². The van der Waals surface area contributed by atoms with Gasteiger partial charge in [0.25, 0.3) is 0 Å². The largest absolute Gasteiger partial charge is 0.511 e. The Bertz CT molecular complexity index is 606. The van der Waals surface area contributed by atoms with Crippen LogP contribution in [0.25, 0.3) is 0 Å². The molecule has 5 heteroatoms. The molecule has 0 saturated heterocycles. The number of hydrogen-bond acceptors (Lipinski definition) is 5. The van der Waals surface area contributed by atoms with Crippen LogP contribution in [0.2, 0.25) is 0 Å².